The maximum atomic E-state index is 6.10. The predicted molar refractivity (Wildman–Crippen MR) is 69.3 cm³/mol. The van der Waals surface area contributed by atoms with Gasteiger partial charge in [0, 0.05) is 36.9 Å². The van der Waals surface area contributed by atoms with E-state index in [9.17, 15) is 0 Å². The summed E-state index contributed by atoms with van der Waals surface area (Å²) in [6, 6.07) is 6.09. The van der Waals surface area contributed by atoms with E-state index in [0.717, 1.165) is 44.0 Å². The summed E-state index contributed by atoms with van der Waals surface area (Å²) in [5.74, 6) is 0.627. The van der Waals surface area contributed by atoms with E-state index in [1.807, 2.05) is 25.1 Å². The molecule has 0 bridgehead atoms. The van der Waals surface area contributed by atoms with Crippen LogP contribution in [0.15, 0.2) is 18.2 Å². The quantitative estimate of drug-likeness (QED) is 0.837. The normalized spacial score (nSPS) is 19.2. The third kappa shape index (κ3) is 3.41. The third-order valence-electron chi connectivity index (χ3n) is 3.30. The van der Waals surface area contributed by atoms with Crippen molar-refractivity contribution in [3.8, 4) is 0 Å². The average molecular weight is 255 g/mol. The van der Waals surface area contributed by atoms with Crippen molar-refractivity contribution in [2.45, 2.75) is 31.8 Å². The number of aryl methyl sites for hydroxylation is 1. The highest BCUT2D eigenvalue weighted by atomic mass is 35.5. The van der Waals surface area contributed by atoms with Gasteiger partial charge < -0.3 is 10.1 Å². The molecule has 1 aliphatic rings. The second-order valence-electron chi connectivity index (χ2n) is 4.65. The van der Waals surface area contributed by atoms with Gasteiger partial charge in [-0.05, 0) is 31.9 Å². The van der Waals surface area contributed by atoms with Gasteiger partial charge in [-0.1, -0.05) is 6.07 Å². The number of nitrogens with one attached hydrogen (secondary N) is 1. The van der Waals surface area contributed by atoms with Gasteiger partial charge >= 0.3 is 0 Å². The number of hydrogen-bond donors (Lipinski definition) is 1. The molecule has 1 aromatic heterocycles. The first kappa shape index (κ1) is 12.8. The number of aromatic nitrogens is 1. The van der Waals surface area contributed by atoms with Crippen molar-refractivity contribution in [2.75, 3.05) is 19.1 Å². The van der Waals surface area contributed by atoms with Crippen molar-refractivity contribution in [3.05, 3.63) is 29.6 Å². The Morgan fingerprint density at radius 2 is 2.18 bits per heavy atom. The molecule has 4 heteroatoms. The van der Waals surface area contributed by atoms with Gasteiger partial charge in [0.2, 0.25) is 0 Å². The molecule has 1 aliphatic heterocycles. The smallest absolute Gasteiger partial charge is 0.0545 e. The molecule has 17 heavy (non-hydrogen) atoms. The minimum absolute atomic E-state index is 0.0191. The Kier molecular flexibility index (Phi) is 4.37. The maximum absolute atomic E-state index is 6.10. The van der Waals surface area contributed by atoms with Gasteiger partial charge in [0.25, 0.3) is 0 Å². The fourth-order valence-corrected chi connectivity index (χ4v) is 2.46. The summed E-state index contributed by atoms with van der Waals surface area (Å²) in [5, 5.41) is 3.55. The molecule has 0 radical (unpaired) electrons. The van der Waals surface area contributed by atoms with Crippen molar-refractivity contribution >= 4 is 11.6 Å². The molecule has 2 rings (SSSR count). The fourth-order valence-electron chi connectivity index (χ4n) is 2.10. The molecule has 1 saturated heterocycles. The maximum Gasteiger partial charge on any atom is 0.0545 e. The average Bonchev–Trinajstić information content (AvgIpc) is 2.38. The Balaban J connectivity index is 1.95. The summed E-state index contributed by atoms with van der Waals surface area (Å²) in [5.41, 5.74) is 2.14. The lowest BCUT2D eigenvalue weighted by atomic mass is 9.92. The number of halogens is 1. The second kappa shape index (κ2) is 5.80. The lowest BCUT2D eigenvalue weighted by molar-refractivity contribution is 0.0458. The van der Waals surface area contributed by atoms with Crippen molar-refractivity contribution in [2.24, 2.45) is 0 Å². The van der Waals surface area contributed by atoms with Crippen LogP contribution in [0.1, 0.15) is 24.2 Å². The fraction of sp³-hybridized carbons (Fsp3) is 0.615. The van der Waals surface area contributed by atoms with Crippen LogP contribution in [0.3, 0.4) is 0 Å². The van der Waals surface area contributed by atoms with Gasteiger partial charge in [0.15, 0.2) is 0 Å². The molecule has 3 nitrogen and oxygen atoms in total. The number of rotatable bonds is 4. The van der Waals surface area contributed by atoms with Crippen LogP contribution in [0.5, 0.6) is 0 Å². The van der Waals surface area contributed by atoms with Crippen LogP contribution in [0.25, 0.3) is 0 Å². The number of hydrogen-bond acceptors (Lipinski definition) is 3. The molecule has 2 heterocycles. The van der Waals surface area contributed by atoms with Gasteiger partial charge in [0.05, 0.1) is 5.69 Å². The van der Waals surface area contributed by atoms with Crippen LogP contribution < -0.4 is 5.32 Å². The Morgan fingerprint density at radius 3 is 2.82 bits per heavy atom. The zero-order chi connectivity index (χ0) is 12.1. The lowest BCUT2D eigenvalue weighted by Crippen LogP contribution is -2.50. The van der Waals surface area contributed by atoms with Gasteiger partial charge in [-0.25, -0.2) is 0 Å². The molecule has 0 aromatic carbocycles. The first-order chi connectivity index (χ1) is 8.24. The van der Waals surface area contributed by atoms with Crippen LogP contribution in [0.4, 0.5) is 0 Å². The van der Waals surface area contributed by atoms with Crippen molar-refractivity contribution in [1.29, 1.82) is 0 Å². The molecular weight excluding hydrogens is 236 g/mol. The second-order valence-corrected chi connectivity index (χ2v) is 4.92. The van der Waals surface area contributed by atoms with Gasteiger partial charge in [-0.15, -0.1) is 11.6 Å². The summed E-state index contributed by atoms with van der Waals surface area (Å²) in [6.45, 7) is 4.37. The Bertz CT molecular complexity index is 364. The van der Waals surface area contributed by atoms with Gasteiger partial charge in [-0.2, -0.15) is 0 Å². The summed E-state index contributed by atoms with van der Waals surface area (Å²) < 4.78 is 5.38. The standard InChI is InChI=1S/C13H19ClN2O/c1-11-3-2-4-12(16-11)9-15-13(10-14)5-7-17-8-6-13/h2-4,15H,5-10H2,1H3. The first-order valence-corrected chi connectivity index (χ1v) is 6.59. The van der Waals surface area contributed by atoms with Gasteiger partial charge in [0.1, 0.15) is 0 Å². The monoisotopic (exact) mass is 254 g/mol. The number of ether oxygens (including phenoxy) is 1. The molecule has 1 fully saturated rings. The highest BCUT2D eigenvalue weighted by Gasteiger charge is 2.31. The molecule has 0 saturated carbocycles. The van der Waals surface area contributed by atoms with Crippen molar-refractivity contribution in [3.63, 3.8) is 0 Å². The summed E-state index contributed by atoms with van der Waals surface area (Å²) in [6.07, 6.45) is 1.95. The largest absolute Gasteiger partial charge is 0.381 e. The summed E-state index contributed by atoms with van der Waals surface area (Å²) in [7, 11) is 0. The van der Waals surface area contributed by atoms with E-state index in [-0.39, 0.29) is 5.54 Å². The van der Waals surface area contributed by atoms with Crippen LogP contribution in [-0.4, -0.2) is 29.6 Å². The highest BCUT2D eigenvalue weighted by molar-refractivity contribution is 6.18. The summed E-state index contributed by atoms with van der Waals surface area (Å²) in [4.78, 5) is 4.49. The van der Waals surface area contributed by atoms with Crippen molar-refractivity contribution in [1.82, 2.24) is 10.3 Å². The van der Waals surface area contributed by atoms with E-state index < -0.39 is 0 Å². The minimum Gasteiger partial charge on any atom is -0.381 e. The third-order valence-corrected chi connectivity index (χ3v) is 3.81. The number of nitrogens with zero attached hydrogens (tertiary/aromatic N) is 1. The zero-order valence-corrected chi connectivity index (χ0v) is 11.0. The van der Waals surface area contributed by atoms with Crippen molar-refractivity contribution < 1.29 is 4.74 Å². The zero-order valence-electron chi connectivity index (χ0n) is 10.2. The topological polar surface area (TPSA) is 34.1 Å². The first-order valence-electron chi connectivity index (χ1n) is 6.05. The Hall–Kier alpha value is -0.640. The van der Waals surface area contributed by atoms with Crippen LogP contribution in [-0.2, 0) is 11.3 Å². The molecule has 1 aromatic rings. The Labute approximate surface area is 108 Å². The summed E-state index contributed by atoms with van der Waals surface area (Å²) >= 11 is 6.10. The molecule has 0 unspecified atom stereocenters. The van der Waals surface area contributed by atoms with E-state index >= 15 is 0 Å². The molecule has 1 N–H and O–H groups in total. The van der Waals surface area contributed by atoms with Crippen LogP contribution in [0, 0.1) is 6.92 Å². The molecular formula is C13H19ClN2O. The molecule has 0 atom stereocenters. The molecule has 94 valence electrons. The molecule has 0 amide bonds. The van der Waals surface area contributed by atoms with E-state index in [1.165, 1.54) is 0 Å². The lowest BCUT2D eigenvalue weighted by Gasteiger charge is -2.36. The van der Waals surface area contributed by atoms with E-state index in [0.29, 0.717) is 5.88 Å². The van der Waals surface area contributed by atoms with E-state index in [4.69, 9.17) is 16.3 Å². The van der Waals surface area contributed by atoms with E-state index in [2.05, 4.69) is 10.3 Å². The van der Waals surface area contributed by atoms with E-state index in [1.54, 1.807) is 0 Å². The predicted octanol–water partition coefficient (Wildman–Crippen LogP) is 2.27. The minimum atomic E-state index is 0.0191. The van der Waals surface area contributed by atoms with Gasteiger partial charge in [-0.3, -0.25) is 4.98 Å². The van der Waals surface area contributed by atoms with Crippen LogP contribution >= 0.6 is 11.6 Å². The molecule has 0 spiro atoms. The number of alkyl halides is 1. The highest BCUT2D eigenvalue weighted by Crippen LogP contribution is 2.22. The van der Waals surface area contributed by atoms with Crippen LogP contribution in [0.2, 0.25) is 0 Å². The number of pyridine rings is 1. The Morgan fingerprint density at radius 1 is 1.41 bits per heavy atom. The SMILES string of the molecule is Cc1cccc(CNC2(CCl)CCOCC2)n1. The molecule has 0 aliphatic carbocycles.